The molecule has 0 bridgehead atoms. The van der Waals surface area contributed by atoms with Gasteiger partial charge in [-0.05, 0) is 24.3 Å². The number of para-hydroxylation sites is 2. The highest BCUT2D eigenvalue weighted by molar-refractivity contribution is 6.03. The van der Waals surface area contributed by atoms with E-state index in [-0.39, 0.29) is 5.78 Å². The van der Waals surface area contributed by atoms with Gasteiger partial charge >= 0.3 is 0 Å². The molecule has 3 aromatic rings. The molecule has 0 saturated heterocycles. The van der Waals surface area contributed by atoms with Crippen LogP contribution in [0.4, 0.5) is 0 Å². The van der Waals surface area contributed by atoms with E-state index >= 15 is 0 Å². The first-order valence-electron chi connectivity index (χ1n) is 7.28. The molecule has 24 heavy (non-hydrogen) atoms. The molecule has 1 aromatic heterocycles. The summed E-state index contributed by atoms with van der Waals surface area (Å²) in [5, 5.41) is 9.50. The van der Waals surface area contributed by atoms with Crippen LogP contribution in [0.3, 0.4) is 0 Å². The number of rotatable bonds is 5. The highest BCUT2D eigenvalue weighted by atomic mass is 16.5. The summed E-state index contributed by atoms with van der Waals surface area (Å²) in [5.74, 6) is -0.105. The van der Waals surface area contributed by atoms with Gasteiger partial charge in [0, 0.05) is 11.6 Å². The van der Waals surface area contributed by atoms with Crippen molar-refractivity contribution in [1.82, 2.24) is 9.97 Å². The molecule has 6 heteroatoms. The fourth-order valence-corrected chi connectivity index (χ4v) is 2.47. The van der Waals surface area contributed by atoms with Crippen LogP contribution in [0.5, 0.6) is 11.5 Å². The molecule has 120 valence electrons. The molecule has 1 atom stereocenters. The minimum absolute atomic E-state index is 0.325. The third-order valence-electron chi connectivity index (χ3n) is 3.71. The van der Waals surface area contributed by atoms with E-state index in [2.05, 4.69) is 9.97 Å². The number of carbonyl (C=O) groups is 1. The topological polar surface area (TPSA) is 88.0 Å². The summed E-state index contributed by atoms with van der Waals surface area (Å²) >= 11 is 0. The standard InChI is InChI=1S/C18H15N3O3/c1-23-12-7-11(8-13(9-12)24-2)17(22)14(10-19)18-20-15-5-3-4-6-16(15)21-18/h3-9,14H,1-2H3,(H,20,21). The molecule has 0 saturated carbocycles. The summed E-state index contributed by atoms with van der Waals surface area (Å²) in [6.07, 6.45) is 0. The molecular formula is C18H15N3O3. The molecule has 1 N–H and O–H groups in total. The van der Waals surface area contributed by atoms with E-state index in [9.17, 15) is 10.1 Å². The lowest BCUT2D eigenvalue weighted by molar-refractivity contribution is 0.0976. The number of H-pyrrole nitrogens is 1. The van der Waals surface area contributed by atoms with Crippen molar-refractivity contribution in [1.29, 1.82) is 5.26 Å². The number of imidazole rings is 1. The van der Waals surface area contributed by atoms with Gasteiger partial charge in [0.15, 0.2) is 11.7 Å². The number of Topliss-reactive ketones (excluding diaryl/α,β-unsaturated/α-hetero) is 1. The number of hydrogen-bond acceptors (Lipinski definition) is 5. The molecule has 2 aromatic carbocycles. The van der Waals surface area contributed by atoms with Crippen molar-refractivity contribution in [2.45, 2.75) is 5.92 Å². The number of ketones is 1. The zero-order valence-electron chi connectivity index (χ0n) is 13.2. The van der Waals surface area contributed by atoms with Gasteiger partial charge in [-0.25, -0.2) is 4.98 Å². The van der Waals surface area contributed by atoms with Crippen molar-refractivity contribution in [2.24, 2.45) is 0 Å². The van der Waals surface area contributed by atoms with Gasteiger partial charge in [-0.2, -0.15) is 5.26 Å². The van der Waals surface area contributed by atoms with Crippen LogP contribution in [0.2, 0.25) is 0 Å². The van der Waals surface area contributed by atoms with E-state index in [0.717, 1.165) is 5.52 Å². The zero-order chi connectivity index (χ0) is 17.1. The van der Waals surface area contributed by atoms with E-state index < -0.39 is 5.92 Å². The number of carbonyl (C=O) groups excluding carboxylic acids is 1. The van der Waals surface area contributed by atoms with Crippen LogP contribution in [0.25, 0.3) is 11.0 Å². The molecule has 0 aliphatic rings. The van der Waals surface area contributed by atoms with Crippen LogP contribution in [0, 0.1) is 11.3 Å². The Morgan fingerprint density at radius 2 is 1.83 bits per heavy atom. The van der Waals surface area contributed by atoms with E-state index in [1.54, 1.807) is 18.2 Å². The number of fused-ring (bicyclic) bond motifs is 1. The van der Waals surface area contributed by atoms with Gasteiger partial charge in [-0.15, -0.1) is 0 Å². The minimum atomic E-state index is -1.03. The average molecular weight is 321 g/mol. The smallest absolute Gasteiger partial charge is 0.187 e. The molecule has 3 rings (SSSR count). The Hall–Kier alpha value is -3.33. The lowest BCUT2D eigenvalue weighted by Crippen LogP contribution is -2.13. The molecule has 1 heterocycles. The van der Waals surface area contributed by atoms with Crippen molar-refractivity contribution in [3.63, 3.8) is 0 Å². The van der Waals surface area contributed by atoms with Gasteiger partial charge < -0.3 is 14.5 Å². The predicted octanol–water partition coefficient (Wildman–Crippen LogP) is 3.07. The maximum Gasteiger partial charge on any atom is 0.187 e. The quantitative estimate of drug-likeness (QED) is 0.730. The lowest BCUT2D eigenvalue weighted by atomic mass is 9.98. The highest BCUT2D eigenvalue weighted by Crippen LogP contribution is 2.27. The van der Waals surface area contributed by atoms with Gasteiger partial charge in [0.2, 0.25) is 0 Å². The second-order valence-corrected chi connectivity index (χ2v) is 5.17. The van der Waals surface area contributed by atoms with Crippen LogP contribution < -0.4 is 9.47 Å². The van der Waals surface area contributed by atoms with Crippen molar-refractivity contribution in [3.05, 3.63) is 53.9 Å². The number of nitrogens with one attached hydrogen (secondary N) is 1. The SMILES string of the molecule is COc1cc(OC)cc(C(=O)C(C#N)c2nc3ccccc3[nH]2)c1. The first-order chi connectivity index (χ1) is 11.7. The van der Waals surface area contributed by atoms with Crippen LogP contribution in [0.1, 0.15) is 22.1 Å². The zero-order valence-corrected chi connectivity index (χ0v) is 13.2. The number of benzene rings is 2. The number of nitriles is 1. The first kappa shape index (κ1) is 15.6. The second kappa shape index (κ2) is 6.42. The average Bonchev–Trinajstić information content (AvgIpc) is 3.05. The van der Waals surface area contributed by atoms with E-state index in [0.29, 0.717) is 28.4 Å². The number of aromatic amines is 1. The number of aromatic nitrogens is 2. The van der Waals surface area contributed by atoms with Crippen molar-refractivity contribution < 1.29 is 14.3 Å². The fourth-order valence-electron chi connectivity index (χ4n) is 2.47. The molecule has 6 nitrogen and oxygen atoms in total. The predicted molar refractivity (Wildman–Crippen MR) is 88.3 cm³/mol. The van der Waals surface area contributed by atoms with Crippen LogP contribution in [-0.4, -0.2) is 30.0 Å². The first-order valence-corrected chi connectivity index (χ1v) is 7.28. The summed E-state index contributed by atoms with van der Waals surface area (Å²) in [6, 6.07) is 14.2. The Labute approximate surface area is 138 Å². The van der Waals surface area contributed by atoms with Crippen molar-refractivity contribution in [2.75, 3.05) is 14.2 Å². The number of ether oxygens (including phenoxy) is 2. The third-order valence-corrected chi connectivity index (χ3v) is 3.71. The van der Waals surface area contributed by atoms with Crippen LogP contribution in [-0.2, 0) is 0 Å². The number of methoxy groups -OCH3 is 2. The Balaban J connectivity index is 2.02. The number of nitrogens with zero attached hydrogens (tertiary/aromatic N) is 2. The van der Waals surface area contributed by atoms with Gasteiger partial charge in [-0.3, -0.25) is 4.79 Å². The van der Waals surface area contributed by atoms with E-state index in [1.807, 2.05) is 30.3 Å². The minimum Gasteiger partial charge on any atom is -0.497 e. The summed E-state index contributed by atoms with van der Waals surface area (Å²) in [7, 11) is 3.01. The van der Waals surface area contributed by atoms with Crippen molar-refractivity contribution >= 4 is 16.8 Å². The summed E-state index contributed by atoms with van der Waals surface area (Å²) in [4.78, 5) is 20.2. The Kier molecular flexibility index (Phi) is 4.17. The second-order valence-electron chi connectivity index (χ2n) is 5.17. The molecule has 0 fully saturated rings. The van der Waals surface area contributed by atoms with Crippen molar-refractivity contribution in [3.8, 4) is 17.6 Å². The molecule has 0 aliphatic carbocycles. The maximum absolute atomic E-state index is 12.8. The molecule has 0 radical (unpaired) electrons. The summed E-state index contributed by atoms with van der Waals surface area (Å²) in [5.41, 5.74) is 1.82. The van der Waals surface area contributed by atoms with Crippen LogP contribution in [0.15, 0.2) is 42.5 Å². The lowest BCUT2D eigenvalue weighted by Gasteiger charge is -2.09. The summed E-state index contributed by atoms with van der Waals surface area (Å²) < 4.78 is 10.4. The summed E-state index contributed by atoms with van der Waals surface area (Å²) in [6.45, 7) is 0. The van der Waals surface area contributed by atoms with Gasteiger partial charge in [0.05, 0.1) is 31.3 Å². The maximum atomic E-state index is 12.8. The molecule has 1 unspecified atom stereocenters. The van der Waals surface area contributed by atoms with Gasteiger partial charge in [0.1, 0.15) is 17.3 Å². The van der Waals surface area contributed by atoms with Gasteiger partial charge in [-0.1, -0.05) is 12.1 Å². The Morgan fingerprint density at radius 3 is 2.42 bits per heavy atom. The monoisotopic (exact) mass is 321 g/mol. The largest absolute Gasteiger partial charge is 0.497 e. The van der Waals surface area contributed by atoms with Crippen LogP contribution >= 0.6 is 0 Å². The highest BCUT2D eigenvalue weighted by Gasteiger charge is 2.26. The molecular weight excluding hydrogens is 306 g/mol. The Morgan fingerprint density at radius 1 is 1.17 bits per heavy atom. The Bertz CT molecular complexity index is 885. The van der Waals surface area contributed by atoms with E-state index in [1.165, 1.54) is 14.2 Å². The van der Waals surface area contributed by atoms with E-state index in [4.69, 9.17) is 9.47 Å². The molecule has 0 spiro atoms. The van der Waals surface area contributed by atoms with Gasteiger partial charge in [0.25, 0.3) is 0 Å². The normalized spacial score (nSPS) is 11.7. The molecule has 0 aliphatic heterocycles. The third kappa shape index (κ3) is 2.79. The number of hydrogen-bond donors (Lipinski definition) is 1. The fraction of sp³-hybridized carbons (Fsp3) is 0.167. The molecule has 0 amide bonds.